The molecule has 1 aromatic rings. The fourth-order valence-corrected chi connectivity index (χ4v) is 4.28. The second-order valence-electron chi connectivity index (χ2n) is 5.55. The van der Waals surface area contributed by atoms with Crippen LogP contribution in [0.5, 0.6) is 5.75 Å². The topological polar surface area (TPSA) is 44.5 Å². The van der Waals surface area contributed by atoms with Crippen molar-refractivity contribution in [3.63, 3.8) is 0 Å². The molecule has 0 bridgehead atoms. The lowest BCUT2D eigenvalue weighted by Gasteiger charge is -2.40. The molecule has 0 saturated heterocycles. The highest BCUT2D eigenvalue weighted by Crippen LogP contribution is 2.46. The zero-order chi connectivity index (χ0) is 13.3. The van der Waals surface area contributed by atoms with Crippen LogP contribution < -0.4 is 10.5 Å². The van der Waals surface area contributed by atoms with Crippen molar-refractivity contribution in [2.45, 2.75) is 44.1 Å². The Labute approximate surface area is 122 Å². The molecule has 1 aromatic carbocycles. The van der Waals surface area contributed by atoms with Gasteiger partial charge in [-0.15, -0.1) is 0 Å². The molecule has 1 aliphatic heterocycles. The molecule has 1 aliphatic carbocycles. The predicted molar refractivity (Wildman–Crippen MR) is 78.2 cm³/mol. The van der Waals surface area contributed by atoms with E-state index in [-0.39, 0.29) is 5.41 Å². The lowest BCUT2D eigenvalue weighted by atomic mass is 9.68. The Morgan fingerprint density at radius 3 is 2.74 bits per heavy atom. The van der Waals surface area contributed by atoms with Crippen molar-refractivity contribution in [2.24, 2.45) is 5.73 Å². The Balaban J connectivity index is 2.11. The summed E-state index contributed by atoms with van der Waals surface area (Å²) in [5.74, 6) is 0.961. The Morgan fingerprint density at radius 2 is 2.00 bits per heavy atom. The second kappa shape index (κ2) is 5.43. The summed E-state index contributed by atoms with van der Waals surface area (Å²) in [5.41, 5.74) is 8.77. The molecule has 0 unspecified atom stereocenters. The molecule has 1 fully saturated rings. The van der Waals surface area contributed by atoms with Gasteiger partial charge in [0.2, 0.25) is 0 Å². The number of fused-ring (bicyclic) bond motifs is 1. The average Bonchev–Trinajstić information content (AvgIpc) is 2.48. The van der Waals surface area contributed by atoms with Gasteiger partial charge in [-0.2, -0.15) is 0 Å². The Kier molecular flexibility index (Phi) is 3.83. The molecule has 0 aromatic heterocycles. The quantitative estimate of drug-likeness (QED) is 0.905. The van der Waals surface area contributed by atoms with Crippen molar-refractivity contribution in [1.82, 2.24) is 0 Å². The number of rotatable bonds is 2. The van der Waals surface area contributed by atoms with Gasteiger partial charge in [0.1, 0.15) is 5.75 Å². The molecule has 104 valence electrons. The molecular weight excluding hydrogens is 306 g/mol. The van der Waals surface area contributed by atoms with E-state index in [1.165, 1.54) is 43.2 Å². The minimum Gasteiger partial charge on any atom is -0.467 e. The van der Waals surface area contributed by atoms with Crippen molar-refractivity contribution in [3.8, 4) is 5.75 Å². The normalized spacial score (nSPS) is 21.6. The van der Waals surface area contributed by atoms with E-state index in [9.17, 15) is 0 Å². The molecule has 2 N–H and O–H groups in total. The number of ether oxygens (including phenoxy) is 2. The third-order valence-electron chi connectivity index (χ3n) is 4.49. The third kappa shape index (κ3) is 2.30. The van der Waals surface area contributed by atoms with Crippen molar-refractivity contribution < 1.29 is 9.47 Å². The van der Waals surface area contributed by atoms with E-state index in [1.54, 1.807) is 0 Å². The first-order valence-corrected chi connectivity index (χ1v) is 7.79. The highest BCUT2D eigenvalue weighted by molar-refractivity contribution is 9.10. The monoisotopic (exact) mass is 325 g/mol. The Bertz CT molecular complexity index is 469. The molecule has 3 rings (SSSR count). The van der Waals surface area contributed by atoms with E-state index in [0.717, 1.165) is 10.2 Å². The third-order valence-corrected chi connectivity index (χ3v) is 5.16. The molecule has 3 nitrogen and oxygen atoms in total. The van der Waals surface area contributed by atoms with Crippen LogP contribution in [0.4, 0.5) is 0 Å². The molecule has 0 radical (unpaired) electrons. The maximum Gasteiger partial charge on any atom is 0.189 e. The molecule has 1 heterocycles. The smallest absolute Gasteiger partial charge is 0.189 e. The maximum atomic E-state index is 6.17. The van der Waals surface area contributed by atoms with Crippen LogP contribution in [0, 0.1) is 0 Å². The average molecular weight is 326 g/mol. The van der Waals surface area contributed by atoms with Gasteiger partial charge in [0.05, 0.1) is 6.61 Å². The van der Waals surface area contributed by atoms with Gasteiger partial charge in [0.25, 0.3) is 0 Å². The van der Waals surface area contributed by atoms with Gasteiger partial charge in [-0.05, 0) is 30.5 Å². The molecule has 1 saturated carbocycles. The van der Waals surface area contributed by atoms with E-state index in [4.69, 9.17) is 15.2 Å². The second-order valence-corrected chi connectivity index (χ2v) is 6.41. The van der Waals surface area contributed by atoms with E-state index < -0.39 is 0 Å². The van der Waals surface area contributed by atoms with E-state index in [2.05, 4.69) is 22.0 Å². The minimum absolute atomic E-state index is 0.0898. The fourth-order valence-electron chi connectivity index (χ4n) is 3.49. The van der Waals surface area contributed by atoms with Crippen LogP contribution in [0.1, 0.15) is 43.2 Å². The number of halogens is 1. The van der Waals surface area contributed by atoms with Crippen molar-refractivity contribution in [3.05, 3.63) is 27.7 Å². The van der Waals surface area contributed by atoms with Crippen molar-refractivity contribution >= 4 is 15.9 Å². The lowest BCUT2D eigenvalue weighted by Crippen LogP contribution is -2.39. The Hall–Kier alpha value is -0.580. The van der Waals surface area contributed by atoms with Crippen LogP contribution in [0.3, 0.4) is 0 Å². The molecule has 0 spiro atoms. The molecular formula is C15H20BrNO2. The zero-order valence-corrected chi connectivity index (χ0v) is 12.7. The maximum absolute atomic E-state index is 6.17. The Morgan fingerprint density at radius 1 is 1.21 bits per heavy atom. The fraction of sp³-hybridized carbons (Fsp3) is 0.600. The van der Waals surface area contributed by atoms with Crippen LogP contribution in [0.2, 0.25) is 0 Å². The van der Waals surface area contributed by atoms with Gasteiger partial charge in [-0.1, -0.05) is 35.2 Å². The van der Waals surface area contributed by atoms with Crippen LogP contribution in [-0.2, 0) is 16.8 Å². The van der Waals surface area contributed by atoms with Gasteiger partial charge in [0, 0.05) is 22.0 Å². The first kappa shape index (κ1) is 13.4. The number of nitrogens with two attached hydrogens (primary N) is 1. The van der Waals surface area contributed by atoms with Gasteiger partial charge >= 0.3 is 0 Å². The highest BCUT2D eigenvalue weighted by Gasteiger charge is 2.37. The van der Waals surface area contributed by atoms with Gasteiger partial charge in [-0.3, -0.25) is 0 Å². The van der Waals surface area contributed by atoms with Gasteiger partial charge < -0.3 is 15.2 Å². The predicted octanol–water partition coefficient (Wildman–Crippen LogP) is 3.48. The first-order valence-electron chi connectivity index (χ1n) is 6.99. The number of hydrogen-bond acceptors (Lipinski definition) is 3. The summed E-state index contributed by atoms with van der Waals surface area (Å²) in [7, 11) is 0. The molecule has 0 atom stereocenters. The van der Waals surface area contributed by atoms with Crippen LogP contribution in [0.25, 0.3) is 0 Å². The summed E-state index contributed by atoms with van der Waals surface area (Å²) in [6, 6.07) is 4.12. The first-order chi connectivity index (χ1) is 9.27. The van der Waals surface area contributed by atoms with E-state index in [1.807, 2.05) is 6.07 Å². The summed E-state index contributed by atoms with van der Waals surface area (Å²) >= 11 is 3.72. The van der Waals surface area contributed by atoms with E-state index in [0.29, 0.717) is 19.9 Å². The van der Waals surface area contributed by atoms with Crippen LogP contribution in [-0.4, -0.2) is 13.3 Å². The summed E-state index contributed by atoms with van der Waals surface area (Å²) in [4.78, 5) is 0. The zero-order valence-electron chi connectivity index (χ0n) is 11.1. The van der Waals surface area contributed by atoms with Gasteiger partial charge in [0.15, 0.2) is 6.79 Å². The minimum atomic E-state index is 0.0898. The molecule has 19 heavy (non-hydrogen) atoms. The van der Waals surface area contributed by atoms with Crippen molar-refractivity contribution in [2.75, 3.05) is 13.3 Å². The SMILES string of the molecule is NCC1(c2c(Br)ccc3c2COCO3)CCCCC1. The largest absolute Gasteiger partial charge is 0.467 e. The standard InChI is InChI=1S/C15H20BrNO2/c16-12-4-5-13-11(8-18-10-19-13)14(12)15(9-17)6-2-1-3-7-15/h4-5H,1-3,6-10,17H2. The number of hydrogen-bond donors (Lipinski definition) is 1. The molecule has 4 heteroatoms. The van der Waals surface area contributed by atoms with Crippen LogP contribution >= 0.6 is 15.9 Å². The number of benzene rings is 1. The van der Waals surface area contributed by atoms with Crippen molar-refractivity contribution in [1.29, 1.82) is 0 Å². The summed E-state index contributed by atoms with van der Waals surface area (Å²) in [6.45, 7) is 1.68. The van der Waals surface area contributed by atoms with Crippen LogP contribution in [0.15, 0.2) is 16.6 Å². The summed E-state index contributed by atoms with van der Waals surface area (Å²) in [6.07, 6.45) is 6.17. The molecule has 2 aliphatic rings. The lowest BCUT2D eigenvalue weighted by molar-refractivity contribution is -0.0176. The summed E-state index contributed by atoms with van der Waals surface area (Å²) in [5, 5.41) is 0. The van der Waals surface area contributed by atoms with E-state index >= 15 is 0 Å². The van der Waals surface area contributed by atoms with Gasteiger partial charge in [-0.25, -0.2) is 0 Å². The summed E-state index contributed by atoms with van der Waals surface area (Å²) < 4.78 is 12.2. The highest BCUT2D eigenvalue weighted by atomic mass is 79.9. The molecule has 0 amide bonds.